The summed E-state index contributed by atoms with van der Waals surface area (Å²) in [4.78, 5) is 0. The van der Waals surface area contributed by atoms with Crippen molar-refractivity contribution in [3.8, 4) is 0 Å². The van der Waals surface area contributed by atoms with Crippen LogP contribution in [0.5, 0.6) is 0 Å². The molecule has 1 rings (SSSR count). The fourth-order valence-electron chi connectivity index (χ4n) is 2.03. The third-order valence-electron chi connectivity index (χ3n) is 3.21. The number of nitrogens with one attached hydrogen (secondary N) is 1. The van der Waals surface area contributed by atoms with Crippen LogP contribution in [0.25, 0.3) is 0 Å². The molecule has 0 amide bonds. The van der Waals surface area contributed by atoms with E-state index in [0.717, 1.165) is 18.4 Å². The van der Waals surface area contributed by atoms with Crippen LogP contribution in [0.4, 0.5) is 0 Å². The summed E-state index contributed by atoms with van der Waals surface area (Å²) in [6.07, 6.45) is 5.37. The molecule has 0 spiro atoms. The summed E-state index contributed by atoms with van der Waals surface area (Å²) in [5.41, 5.74) is 0. The van der Waals surface area contributed by atoms with E-state index in [4.69, 9.17) is 4.74 Å². The molecule has 1 aliphatic carbocycles. The predicted molar refractivity (Wildman–Crippen MR) is 65.1 cm³/mol. The molecule has 1 fully saturated rings. The summed E-state index contributed by atoms with van der Waals surface area (Å²) < 4.78 is 5.27. The molecule has 1 N–H and O–H groups in total. The van der Waals surface area contributed by atoms with E-state index in [1.54, 1.807) is 7.11 Å². The molecule has 0 bridgehead atoms. The lowest BCUT2D eigenvalue weighted by Gasteiger charge is -2.23. The van der Waals surface area contributed by atoms with Gasteiger partial charge in [0.25, 0.3) is 0 Å². The molecule has 0 aromatic heterocycles. The Morgan fingerprint density at radius 3 is 2.33 bits per heavy atom. The molecule has 90 valence electrons. The van der Waals surface area contributed by atoms with Gasteiger partial charge >= 0.3 is 0 Å². The Kier molecular flexibility index (Phi) is 5.62. The van der Waals surface area contributed by atoms with Crippen molar-refractivity contribution in [2.45, 2.75) is 58.5 Å². The van der Waals surface area contributed by atoms with Gasteiger partial charge in [-0.2, -0.15) is 0 Å². The molecule has 2 atom stereocenters. The smallest absolute Gasteiger partial charge is 0.0618 e. The fourth-order valence-corrected chi connectivity index (χ4v) is 2.03. The minimum absolute atomic E-state index is 0.595. The van der Waals surface area contributed by atoms with Crippen molar-refractivity contribution >= 4 is 0 Å². The van der Waals surface area contributed by atoms with E-state index in [1.807, 2.05) is 0 Å². The van der Waals surface area contributed by atoms with E-state index in [0.29, 0.717) is 12.1 Å². The predicted octanol–water partition coefficient (Wildman–Crippen LogP) is 2.83. The Morgan fingerprint density at radius 2 is 1.87 bits per heavy atom. The summed E-state index contributed by atoms with van der Waals surface area (Å²) >= 11 is 0. The van der Waals surface area contributed by atoms with Crippen molar-refractivity contribution in [3.05, 3.63) is 0 Å². The van der Waals surface area contributed by atoms with Crippen molar-refractivity contribution in [1.29, 1.82) is 0 Å². The van der Waals surface area contributed by atoms with Gasteiger partial charge in [-0.05, 0) is 44.4 Å². The summed E-state index contributed by atoms with van der Waals surface area (Å²) in [6.45, 7) is 7.75. The van der Waals surface area contributed by atoms with Gasteiger partial charge in [-0.15, -0.1) is 0 Å². The van der Waals surface area contributed by atoms with Gasteiger partial charge in [0.2, 0.25) is 0 Å². The van der Waals surface area contributed by atoms with Gasteiger partial charge in [0.15, 0.2) is 0 Å². The van der Waals surface area contributed by atoms with Crippen LogP contribution in [-0.4, -0.2) is 25.8 Å². The van der Waals surface area contributed by atoms with E-state index in [1.165, 1.54) is 25.7 Å². The number of rotatable bonds is 8. The van der Waals surface area contributed by atoms with Crippen LogP contribution in [0.2, 0.25) is 0 Å². The normalized spacial score (nSPS) is 20.6. The summed E-state index contributed by atoms with van der Waals surface area (Å²) in [5, 5.41) is 3.71. The van der Waals surface area contributed by atoms with Crippen molar-refractivity contribution in [2.75, 3.05) is 13.7 Å². The molecular formula is C13H27NO. The quantitative estimate of drug-likeness (QED) is 0.669. The fraction of sp³-hybridized carbons (Fsp3) is 1.00. The monoisotopic (exact) mass is 213 g/mol. The molecule has 0 saturated heterocycles. The third-order valence-corrected chi connectivity index (χ3v) is 3.21. The van der Waals surface area contributed by atoms with Crippen LogP contribution in [0, 0.1) is 11.8 Å². The topological polar surface area (TPSA) is 21.3 Å². The molecule has 1 aliphatic rings. The minimum atomic E-state index is 0.595. The maximum atomic E-state index is 5.27. The van der Waals surface area contributed by atoms with Crippen molar-refractivity contribution in [2.24, 2.45) is 11.8 Å². The van der Waals surface area contributed by atoms with Crippen molar-refractivity contribution in [1.82, 2.24) is 5.32 Å². The van der Waals surface area contributed by atoms with Crippen LogP contribution < -0.4 is 5.32 Å². The first-order valence-electron chi connectivity index (χ1n) is 6.38. The molecule has 2 nitrogen and oxygen atoms in total. The van der Waals surface area contributed by atoms with Gasteiger partial charge in [-0.3, -0.25) is 0 Å². The van der Waals surface area contributed by atoms with Crippen LogP contribution >= 0.6 is 0 Å². The van der Waals surface area contributed by atoms with Crippen molar-refractivity contribution in [3.63, 3.8) is 0 Å². The highest BCUT2D eigenvalue weighted by atomic mass is 16.5. The lowest BCUT2D eigenvalue weighted by molar-refractivity contribution is 0.151. The molecule has 0 heterocycles. The Hall–Kier alpha value is -0.0800. The molecule has 2 heteroatoms. The Balaban J connectivity index is 2.17. The first kappa shape index (κ1) is 13.0. The van der Waals surface area contributed by atoms with Crippen LogP contribution in [0.3, 0.4) is 0 Å². The highest BCUT2D eigenvalue weighted by Gasteiger charge is 2.31. The van der Waals surface area contributed by atoms with Crippen LogP contribution in [-0.2, 0) is 4.74 Å². The van der Waals surface area contributed by atoms with E-state index in [-0.39, 0.29) is 0 Å². The zero-order valence-corrected chi connectivity index (χ0v) is 10.8. The number of ether oxygens (including phenoxy) is 1. The van der Waals surface area contributed by atoms with Crippen molar-refractivity contribution < 1.29 is 4.74 Å². The highest BCUT2D eigenvalue weighted by Crippen LogP contribution is 2.33. The average molecular weight is 213 g/mol. The van der Waals surface area contributed by atoms with E-state index < -0.39 is 0 Å². The second-order valence-electron chi connectivity index (χ2n) is 5.44. The molecule has 0 aliphatic heterocycles. The van der Waals surface area contributed by atoms with E-state index in [9.17, 15) is 0 Å². The van der Waals surface area contributed by atoms with Gasteiger partial charge in [-0.1, -0.05) is 13.8 Å². The molecular weight excluding hydrogens is 186 g/mol. The second kappa shape index (κ2) is 6.49. The molecule has 15 heavy (non-hydrogen) atoms. The highest BCUT2D eigenvalue weighted by molar-refractivity contribution is 4.87. The van der Waals surface area contributed by atoms with E-state index >= 15 is 0 Å². The van der Waals surface area contributed by atoms with Crippen LogP contribution in [0.15, 0.2) is 0 Å². The molecule has 0 aromatic carbocycles. The van der Waals surface area contributed by atoms with Gasteiger partial charge in [0, 0.05) is 19.2 Å². The maximum absolute atomic E-state index is 5.27. The summed E-state index contributed by atoms with van der Waals surface area (Å²) in [7, 11) is 1.80. The Morgan fingerprint density at radius 1 is 1.20 bits per heavy atom. The summed E-state index contributed by atoms with van der Waals surface area (Å²) in [5.74, 6) is 1.70. The minimum Gasteiger partial charge on any atom is -0.383 e. The molecule has 2 unspecified atom stereocenters. The number of hydrogen-bond donors (Lipinski definition) is 1. The van der Waals surface area contributed by atoms with E-state index in [2.05, 4.69) is 26.1 Å². The first-order chi connectivity index (χ1) is 7.13. The second-order valence-corrected chi connectivity index (χ2v) is 5.44. The molecule has 1 saturated carbocycles. The lowest BCUT2D eigenvalue weighted by atomic mass is 10.0. The maximum Gasteiger partial charge on any atom is 0.0618 e. The Bertz CT molecular complexity index is 166. The SMILES string of the molecule is COCC(NC(C)CCC(C)C)C1CC1. The van der Waals surface area contributed by atoms with Gasteiger partial charge in [0.1, 0.15) is 0 Å². The first-order valence-corrected chi connectivity index (χ1v) is 6.38. The van der Waals surface area contributed by atoms with Crippen LogP contribution in [0.1, 0.15) is 46.5 Å². The number of hydrogen-bond acceptors (Lipinski definition) is 2. The molecule has 0 radical (unpaired) electrons. The Labute approximate surface area is 94.8 Å². The number of methoxy groups -OCH3 is 1. The zero-order valence-electron chi connectivity index (χ0n) is 10.8. The largest absolute Gasteiger partial charge is 0.383 e. The zero-order chi connectivity index (χ0) is 11.3. The standard InChI is InChI=1S/C13H27NO/c1-10(2)5-6-11(3)14-13(9-15-4)12-7-8-12/h10-14H,5-9H2,1-4H3. The van der Waals surface area contributed by atoms with Gasteiger partial charge in [0.05, 0.1) is 6.61 Å². The van der Waals surface area contributed by atoms with Gasteiger partial charge in [-0.25, -0.2) is 0 Å². The molecule has 0 aromatic rings. The van der Waals surface area contributed by atoms with Gasteiger partial charge < -0.3 is 10.1 Å². The average Bonchev–Trinajstić information content (AvgIpc) is 2.97. The third kappa shape index (κ3) is 5.53. The lowest BCUT2D eigenvalue weighted by Crippen LogP contribution is -2.41. The summed E-state index contributed by atoms with van der Waals surface area (Å²) in [6, 6.07) is 1.23.